The van der Waals surface area contributed by atoms with Crippen molar-refractivity contribution in [3.05, 3.63) is 45.5 Å². The topological polar surface area (TPSA) is 84.3 Å². The summed E-state index contributed by atoms with van der Waals surface area (Å²) in [6.07, 6.45) is 1.92. The Kier molecular flexibility index (Phi) is 5.71. The van der Waals surface area contributed by atoms with Gasteiger partial charge in [-0.1, -0.05) is 11.6 Å². The van der Waals surface area contributed by atoms with E-state index in [1.807, 2.05) is 26.8 Å². The minimum absolute atomic E-state index is 0.0415. The molecule has 2 N–H and O–H groups in total. The fourth-order valence-corrected chi connectivity index (χ4v) is 1.61. The molecule has 1 amide bonds. The average Bonchev–Trinajstić information content (AvgIpc) is 2.38. The predicted molar refractivity (Wildman–Crippen MR) is 79.0 cm³/mol. The molecule has 0 saturated carbocycles. The Hall–Kier alpha value is -2.37. The van der Waals surface area contributed by atoms with Crippen LogP contribution < -0.4 is 10.6 Å². The van der Waals surface area contributed by atoms with E-state index in [1.165, 1.54) is 18.2 Å². The zero-order valence-corrected chi connectivity index (χ0v) is 11.9. The minimum Gasteiger partial charge on any atom is -0.376 e. The number of hydrogen-bond acceptors (Lipinski definition) is 4. The molecule has 1 rings (SSSR count). The number of carbonyl (C=O) groups excluding carboxylic acids is 1. The second-order valence-corrected chi connectivity index (χ2v) is 4.51. The molecule has 1 aromatic rings. The zero-order valence-electron chi connectivity index (χ0n) is 11.9. The van der Waals surface area contributed by atoms with E-state index in [1.54, 1.807) is 0 Å². The quantitative estimate of drug-likeness (QED) is 0.475. The lowest BCUT2D eigenvalue weighted by Gasteiger charge is -2.08. The van der Waals surface area contributed by atoms with E-state index < -0.39 is 4.92 Å². The number of nitro benzene ring substituents is 1. The summed E-state index contributed by atoms with van der Waals surface area (Å²) in [7, 11) is 0. The van der Waals surface area contributed by atoms with Gasteiger partial charge in [0.1, 0.15) is 5.69 Å². The van der Waals surface area contributed by atoms with E-state index in [0.29, 0.717) is 24.3 Å². The van der Waals surface area contributed by atoms with E-state index in [4.69, 9.17) is 0 Å². The summed E-state index contributed by atoms with van der Waals surface area (Å²) >= 11 is 0. The van der Waals surface area contributed by atoms with Gasteiger partial charge < -0.3 is 10.6 Å². The first-order chi connectivity index (χ1) is 9.45. The maximum Gasteiger partial charge on any atom is 0.292 e. The number of carbonyl (C=O) groups is 1. The number of allylic oxidation sites excluding steroid dienone is 1. The Morgan fingerprint density at radius 3 is 2.65 bits per heavy atom. The molecule has 108 valence electrons. The maximum atomic E-state index is 11.7. The summed E-state index contributed by atoms with van der Waals surface area (Å²) in [5.74, 6) is -0.243. The van der Waals surface area contributed by atoms with Gasteiger partial charge in [-0.25, -0.2) is 0 Å². The van der Waals surface area contributed by atoms with Crippen molar-refractivity contribution in [2.45, 2.75) is 20.8 Å². The minimum atomic E-state index is -0.466. The smallest absolute Gasteiger partial charge is 0.292 e. The van der Waals surface area contributed by atoms with Gasteiger partial charge >= 0.3 is 0 Å². The fourth-order valence-electron chi connectivity index (χ4n) is 1.61. The van der Waals surface area contributed by atoms with Crippen LogP contribution in [0.4, 0.5) is 11.4 Å². The molecule has 0 unspecified atom stereocenters. The average molecular weight is 277 g/mol. The third-order valence-electron chi connectivity index (χ3n) is 2.60. The standard InChI is InChI=1S/C14H19N3O3/c1-4-15-14(18)11-5-6-13(17(19)20)12(9-11)16-8-7-10(2)3/h5-7,9,16H,4,8H2,1-3H3,(H,15,18). The second kappa shape index (κ2) is 7.28. The summed E-state index contributed by atoms with van der Waals surface area (Å²) in [6, 6.07) is 4.30. The molecule has 0 fully saturated rings. The second-order valence-electron chi connectivity index (χ2n) is 4.51. The molecule has 0 aliphatic carbocycles. The van der Waals surface area contributed by atoms with Crippen LogP contribution in [0.3, 0.4) is 0 Å². The molecule has 0 aromatic heterocycles. The first-order valence-corrected chi connectivity index (χ1v) is 6.39. The number of benzene rings is 1. The maximum absolute atomic E-state index is 11.7. The number of nitrogens with zero attached hydrogens (tertiary/aromatic N) is 1. The van der Waals surface area contributed by atoms with Gasteiger partial charge in [0.25, 0.3) is 11.6 Å². The van der Waals surface area contributed by atoms with Crippen molar-refractivity contribution in [3.8, 4) is 0 Å². The van der Waals surface area contributed by atoms with Crippen LogP contribution in [-0.4, -0.2) is 23.9 Å². The molecule has 0 atom stereocenters. The molecule has 0 spiro atoms. The Morgan fingerprint density at radius 1 is 1.40 bits per heavy atom. The van der Waals surface area contributed by atoms with E-state index in [0.717, 1.165) is 5.57 Å². The molecule has 0 bridgehead atoms. The monoisotopic (exact) mass is 277 g/mol. The summed E-state index contributed by atoms with van der Waals surface area (Å²) in [4.78, 5) is 22.2. The van der Waals surface area contributed by atoms with E-state index >= 15 is 0 Å². The van der Waals surface area contributed by atoms with Gasteiger partial charge in [0.2, 0.25) is 0 Å². The van der Waals surface area contributed by atoms with Crippen LogP contribution in [0.1, 0.15) is 31.1 Å². The van der Waals surface area contributed by atoms with Crippen molar-refractivity contribution in [2.24, 2.45) is 0 Å². The molecule has 6 nitrogen and oxygen atoms in total. The highest BCUT2D eigenvalue weighted by atomic mass is 16.6. The molecule has 0 aliphatic rings. The van der Waals surface area contributed by atoms with Gasteiger partial charge in [0.15, 0.2) is 0 Å². The van der Waals surface area contributed by atoms with Crippen LogP contribution in [-0.2, 0) is 0 Å². The molecule has 0 saturated heterocycles. The molecule has 6 heteroatoms. The highest BCUT2D eigenvalue weighted by Crippen LogP contribution is 2.25. The first kappa shape index (κ1) is 15.7. The van der Waals surface area contributed by atoms with Gasteiger partial charge in [-0.2, -0.15) is 0 Å². The van der Waals surface area contributed by atoms with Crippen LogP contribution in [0.25, 0.3) is 0 Å². The number of amides is 1. The number of nitrogens with one attached hydrogen (secondary N) is 2. The lowest BCUT2D eigenvalue weighted by Crippen LogP contribution is -2.22. The van der Waals surface area contributed by atoms with Crippen molar-refractivity contribution in [1.29, 1.82) is 0 Å². The van der Waals surface area contributed by atoms with Crippen molar-refractivity contribution in [3.63, 3.8) is 0 Å². The highest BCUT2D eigenvalue weighted by molar-refractivity contribution is 5.95. The van der Waals surface area contributed by atoms with Crippen LogP contribution in [0.2, 0.25) is 0 Å². The van der Waals surface area contributed by atoms with Crippen molar-refractivity contribution in [2.75, 3.05) is 18.4 Å². The highest BCUT2D eigenvalue weighted by Gasteiger charge is 2.16. The van der Waals surface area contributed by atoms with Gasteiger partial charge in [-0.15, -0.1) is 0 Å². The van der Waals surface area contributed by atoms with Crippen LogP contribution in [0, 0.1) is 10.1 Å². The van der Waals surface area contributed by atoms with Crippen molar-refractivity contribution >= 4 is 17.3 Å². The number of hydrogen-bond donors (Lipinski definition) is 2. The number of rotatable bonds is 6. The first-order valence-electron chi connectivity index (χ1n) is 6.39. The molecule has 0 heterocycles. The SMILES string of the molecule is CCNC(=O)c1ccc([N+](=O)[O-])c(NCC=C(C)C)c1. The van der Waals surface area contributed by atoms with Gasteiger partial charge in [0.05, 0.1) is 4.92 Å². The Morgan fingerprint density at radius 2 is 2.10 bits per heavy atom. The number of nitro groups is 1. The summed E-state index contributed by atoms with van der Waals surface area (Å²) < 4.78 is 0. The third-order valence-corrected chi connectivity index (χ3v) is 2.60. The van der Waals surface area contributed by atoms with Gasteiger partial charge in [0, 0.05) is 24.7 Å². The van der Waals surface area contributed by atoms with Gasteiger partial charge in [-0.3, -0.25) is 14.9 Å². The van der Waals surface area contributed by atoms with Crippen molar-refractivity contribution < 1.29 is 9.72 Å². The van der Waals surface area contributed by atoms with Crippen LogP contribution in [0.15, 0.2) is 29.8 Å². The summed E-state index contributed by atoms with van der Waals surface area (Å²) in [5, 5.41) is 16.6. The Labute approximate surface area is 118 Å². The zero-order chi connectivity index (χ0) is 15.1. The molecule has 0 aliphatic heterocycles. The number of anilines is 1. The lowest BCUT2D eigenvalue weighted by molar-refractivity contribution is -0.384. The summed E-state index contributed by atoms with van der Waals surface area (Å²) in [5.41, 5.74) is 1.81. The fraction of sp³-hybridized carbons (Fsp3) is 0.357. The summed E-state index contributed by atoms with van der Waals surface area (Å²) in [6.45, 7) is 6.69. The lowest BCUT2D eigenvalue weighted by atomic mass is 10.1. The van der Waals surface area contributed by atoms with Crippen LogP contribution in [0.5, 0.6) is 0 Å². The normalized spacial score (nSPS) is 9.75. The third kappa shape index (κ3) is 4.38. The van der Waals surface area contributed by atoms with E-state index in [2.05, 4.69) is 10.6 Å². The molecule has 20 heavy (non-hydrogen) atoms. The molecular weight excluding hydrogens is 258 g/mol. The predicted octanol–water partition coefficient (Wildman–Crippen LogP) is 2.72. The van der Waals surface area contributed by atoms with Gasteiger partial charge in [-0.05, 0) is 32.9 Å². The molecule has 0 radical (unpaired) electrons. The Bertz CT molecular complexity index is 534. The van der Waals surface area contributed by atoms with Crippen LogP contribution >= 0.6 is 0 Å². The van der Waals surface area contributed by atoms with E-state index in [9.17, 15) is 14.9 Å². The van der Waals surface area contributed by atoms with E-state index in [-0.39, 0.29) is 11.6 Å². The molecular formula is C14H19N3O3. The van der Waals surface area contributed by atoms with Crippen molar-refractivity contribution in [1.82, 2.24) is 5.32 Å². The largest absolute Gasteiger partial charge is 0.376 e. The molecule has 1 aromatic carbocycles. The Balaban J connectivity index is 3.02.